The van der Waals surface area contributed by atoms with E-state index in [2.05, 4.69) is 18.2 Å². The fourth-order valence-electron chi connectivity index (χ4n) is 2.45. The second-order valence-corrected chi connectivity index (χ2v) is 4.75. The highest BCUT2D eigenvalue weighted by Crippen LogP contribution is 2.25. The van der Waals surface area contributed by atoms with E-state index in [1.807, 2.05) is 0 Å². The van der Waals surface area contributed by atoms with Gasteiger partial charge in [0.15, 0.2) is 0 Å². The maximum atomic E-state index is 11.4. The van der Waals surface area contributed by atoms with E-state index in [1.54, 1.807) is 0 Å². The second kappa shape index (κ2) is 7.34. The lowest BCUT2D eigenvalue weighted by molar-refractivity contribution is -0.146. The van der Waals surface area contributed by atoms with E-state index >= 15 is 0 Å². The summed E-state index contributed by atoms with van der Waals surface area (Å²) in [6, 6.07) is 0.642. The van der Waals surface area contributed by atoms with Crippen LogP contribution in [-0.2, 0) is 9.53 Å². The number of ether oxygens (including phenoxy) is 1. The average Bonchev–Trinajstić information content (AvgIpc) is 2.38. The van der Waals surface area contributed by atoms with Gasteiger partial charge in [0.05, 0.1) is 19.1 Å². The molecule has 1 rings (SSSR count). The van der Waals surface area contributed by atoms with E-state index in [0.717, 1.165) is 38.5 Å². The molecule has 0 aromatic rings. The smallest absolute Gasteiger partial charge is 0.308 e. The number of carbonyl (C=O) groups is 1. The first kappa shape index (κ1) is 14.1. The summed E-state index contributed by atoms with van der Waals surface area (Å²) in [6.07, 6.45) is 11.5. The van der Waals surface area contributed by atoms with Gasteiger partial charge < -0.3 is 10.1 Å². The Bertz CT molecular complexity index is 274. The fourth-order valence-corrected chi connectivity index (χ4v) is 2.45. The molecule has 1 aliphatic carbocycles. The summed E-state index contributed by atoms with van der Waals surface area (Å²) in [5.74, 6) is 2.82. The molecular weight excluding hydrogens is 214 g/mol. The maximum absolute atomic E-state index is 11.4. The molecule has 1 atom stereocenters. The van der Waals surface area contributed by atoms with Crippen LogP contribution in [0.1, 0.15) is 45.4 Å². The summed E-state index contributed by atoms with van der Waals surface area (Å²) < 4.78 is 4.77. The zero-order chi connectivity index (χ0) is 12.7. The van der Waals surface area contributed by atoms with Crippen LogP contribution in [-0.4, -0.2) is 25.2 Å². The van der Waals surface area contributed by atoms with Gasteiger partial charge >= 0.3 is 5.97 Å². The van der Waals surface area contributed by atoms with Crippen molar-refractivity contribution in [1.29, 1.82) is 0 Å². The molecule has 0 radical (unpaired) electrons. The van der Waals surface area contributed by atoms with Gasteiger partial charge in [-0.25, -0.2) is 0 Å². The largest absolute Gasteiger partial charge is 0.469 e. The van der Waals surface area contributed by atoms with Crippen LogP contribution >= 0.6 is 0 Å². The summed E-state index contributed by atoms with van der Waals surface area (Å²) in [5.41, 5.74) is 0. The van der Waals surface area contributed by atoms with Crippen molar-refractivity contribution in [1.82, 2.24) is 5.32 Å². The Kier molecular flexibility index (Phi) is 6.07. The van der Waals surface area contributed by atoms with Crippen molar-refractivity contribution in [3.63, 3.8) is 0 Å². The molecule has 0 saturated heterocycles. The van der Waals surface area contributed by atoms with Gasteiger partial charge in [0.2, 0.25) is 0 Å². The van der Waals surface area contributed by atoms with E-state index in [4.69, 9.17) is 11.2 Å². The highest BCUT2D eigenvalue weighted by molar-refractivity contribution is 5.72. The lowest BCUT2D eigenvalue weighted by Gasteiger charge is -2.29. The number of rotatable bonds is 5. The topological polar surface area (TPSA) is 38.3 Å². The van der Waals surface area contributed by atoms with Gasteiger partial charge in [-0.15, -0.1) is 6.42 Å². The van der Waals surface area contributed by atoms with Crippen molar-refractivity contribution in [2.75, 3.05) is 7.11 Å². The predicted molar refractivity (Wildman–Crippen MR) is 68.4 cm³/mol. The Labute approximate surface area is 104 Å². The number of esters is 1. The molecule has 0 aromatic heterocycles. The Balaban J connectivity index is 2.32. The van der Waals surface area contributed by atoms with Gasteiger partial charge in [0.25, 0.3) is 0 Å². The molecule has 3 heteroatoms. The van der Waals surface area contributed by atoms with Crippen LogP contribution < -0.4 is 5.32 Å². The summed E-state index contributed by atoms with van der Waals surface area (Å²) in [7, 11) is 1.46. The Morgan fingerprint density at radius 2 is 2.12 bits per heavy atom. The number of carbonyl (C=O) groups excluding carboxylic acids is 1. The van der Waals surface area contributed by atoms with Gasteiger partial charge in [-0.3, -0.25) is 4.79 Å². The summed E-state index contributed by atoms with van der Waals surface area (Å²) in [5, 5.41) is 3.50. The second-order valence-electron chi connectivity index (χ2n) is 4.75. The summed E-state index contributed by atoms with van der Waals surface area (Å²) in [6.45, 7) is 2.14. The van der Waals surface area contributed by atoms with Crippen LogP contribution in [0.15, 0.2) is 0 Å². The monoisotopic (exact) mass is 237 g/mol. The minimum absolute atomic E-state index is 0.0643. The number of methoxy groups -OCH3 is 1. The van der Waals surface area contributed by atoms with Gasteiger partial charge in [-0.1, -0.05) is 19.3 Å². The molecule has 3 nitrogen and oxygen atoms in total. The first-order chi connectivity index (χ1) is 8.21. The van der Waals surface area contributed by atoms with Crippen LogP contribution in [0.4, 0.5) is 0 Å². The standard InChI is InChI=1S/C14H23NO2/c1-4-6-12(5-2)15-13-9-7-11(8-10-13)14(16)17-3/h2,11-13,15H,4,6-10H2,1,3H3. The predicted octanol–water partition coefficient (Wildman–Crippen LogP) is 2.11. The Hall–Kier alpha value is -1.01. The number of nitrogens with one attached hydrogen (secondary N) is 1. The molecule has 0 aliphatic heterocycles. The normalized spacial score (nSPS) is 25.9. The van der Waals surface area contributed by atoms with Crippen molar-refractivity contribution in [2.24, 2.45) is 5.92 Å². The molecule has 1 fully saturated rings. The van der Waals surface area contributed by atoms with Crippen LogP contribution in [0.2, 0.25) is 0 Å². The van der Waals surface area contributed by atoms with Gasteiger partial charge in [-0.05, 0) is 32.1 Å². The van der Waals surface area contributed by atoms with Crippen LogP contribution in [0.5, 0.6) is 0 Å². The molecule has 0 amide bonds. The third-order valence-corrected chi connectivity index (χ3v) is 3.48. The highest BCUT2D eigenvalue weighted by Gasteiger charge is 2.27. The zero-order valence-corrected chi connectivity index (χ0v) is 10.9. The van der Waals surface area contributed by atoms with Crippen molar-refractivity contribution in [3.05, 3.63) is 0 Å². The zero-order valence-electron chi connectivity index (χ0n) is 10.9. The van der Waals surface area contributed by atoms with Crippen LogP contribution in [0.3, 0.4) is 0 Å². The van der Waals surface area contributed by atoms with Crippen molar-refractivity contribution < 1.29 is 9.53 Å². The highest BCUT2D eigenvalue weighted by atomic mass is 16.5. The molecule has 0 heterocycles. The number of terminal acetylenes is 1. The molecule has 1 saturated carbocycles. The van der Waals surface area contributed by atoms with Crippen molar-refractivity contribution >= 4 is 5.97 Å². The van der Waals surface area contributed by atoms with Gasteiger partial charge in [0, 0.05) is 6.04 Å². The van der Waals surface area contributed by atoms with Crippen LogP contribution in [0.25, 0.3) is 0 Å². The van der Waals surface area contributed by atoms with Crippen LogP contribution in [0, 0.1) is 18.3 Å². The maximum Gasteiger partial charge on any atom is 0.308 e. The third kappa shape index (κ3) is 4.40. The Morgan fingerprint density at radius 3 is 2.59 bits per heavy atom. The van der Waals surface area contributed by atoms with Gasteiger partial charge in [0.1, 0.15) is 0 Å². The molecule has 17 heavy (non-hydrogen) atoms. The van der Waals surface area contributed by atoms with E-state index in [0.29, 0.717) is 6.04 Å². The van der Waals surface area contributed by atoms with Crippen molar-refractivity contribution in [3.8, 4) is 12.3 Å². The molecular formula is C14H23NO2. The average molecular weight is 237 g/mol. The molecule has 0 aromatic carbocycles. The minimum Gasteiger partial charge on any atom is -0.469 e. The van der Waals surface area contributed by atoms with E-state index in [1.165, 1.54) is 7.11 Å². The molecule has 1 N–H and O–H groups in total. The minimum atomic E-state index is -0.0643. The lowest BCUT2D eigenvalue weighted by atomic mass is 9.85. The van der Waals surface area contributed by atoms with E-state index in [9.17, 15) is 4.79 Å². The van der Waals surface area contributed by atoms with E-state index in [-0.39, 0.29) is 17.9 Å². The molecule has 1 unspecified atom stereocenters. The molecule has 1 aliphatic rings. The number of hydrogen-bond donors (Lipinski definition) is 1. The third-order valence-electron chi connectivity index (χ3n) is 3.48. The first-order valence-electron chi connectivity index (χ1n) is 6.51. The molecule has 0 bridgehead atoms. The summed E-state index contributed by atoms with van der Waals surface area (Å²) >= 11 is 0. The summed E-state index contributed by atoms with van der Waals surface area (Å²) in [4.78, 5) is 11.4. The lowest BCUT2D eigenvalue weighted by Crippen LogP contribution is -2.40. The van der Waals surface area contributed by atoms with Crippen molar-refractivity contribution in [2.45, 2.75) is 57.5 Å². The number of hydrogen-bond acceptors (Lipinski definition) is 3. The first-order valence-corrected chi connectivity index (χ1v) is 6.51. The molecule has 96 valence electrons. The fraction of sp³-hybridized carbons (Fsp3) is 0.786. The Morgan fingerprint density at radius 1 is 1.47 bits per heavy atom. The van der Waals surface area contributed by atoms with Gasteiger partial charge in [-0.2, -0.15) is 0 Å². The SMILES string of the molecule is C#CC(CCC)NC1CCC(C(=O)OC)CC1. The molecule has 0 spiro atoms. The van der Waals surface area contributed by atoms with E-state index < -0.39 is 0 Å². The quantitative estimate of drug-likeness (QED) is 0.588.